The smallest absolute Gasteiger partial charge is 0.0721 e. The minimum absolute atomic E-state index is 0.589. The molecular formula is C30H26N2O2S2. The average Bonchev–Trinajstić information content (AvgIpc) is 2.90. The predicted octanol–water partition coefficient (Wildman–Crippen LogP) is 8.26. The van der Waals surface area contributed by atoms with Crippen molar-refractivity contribution in [1.29, 1.82) is 0 Å². The quantitative estimate of drug-likeness (QED) is 0.244. The van der Waals surface area contributed by atoms with Gasteiger partial charge in [0.2, 0.25) is 0 Å². The SMILES string of the molecule is CCN1c2ccc3cc2Sc2cc(ccc21)COCc1ccc2c(c1)Sc1cc(ccc1N2)COC3. The van der Waals surface area contributed by atoms with E-state index in [0.717, 1.165) is 17.9 Å². The summed E-state index contributed by atoms with van der Waals surface area (Å²) < 4.78 is 12.4. The number of nitrogens with zero attached hydrogens (tertiary/aromatic N) is 1. The number of ether oxygens (including phenoxy) is 2. The molecule has 0 amide bonds. The van der Waals surface area contributed by atoms with E-state index in [1.165, 1.54) is 53.2 Å². The van der Waals surface area contributed by atoms with E-state index in [-0.39, 0.29) is 0 Å². The number of nitrogens with one attached hydrogen (secondary N) is 1. The van der Waals surface area contributed by atoms with Crippen molar-refractivity contribution in [3.05, 3.63) is 95.1 Å². The summed E-state index contributed by atoms with van der Waals surface area (Å²) in [6.45, 7) is 5.50. The van der Waals surface area contributed by atoms with Crippen LogP contribution in [0.4, 0.5) is 22.7 Å². The standard InChI is InChI=1S/C30H26N2O2S2/c1-2-32-25-9-5-21-13-29(25)36-30-14-22(6-10-26(30)32)18-34-16-20-4-8-24-28(12-20)35-27-11-19(15-33-17-21)3-7-23(27)31-24/h3-14,31H,2,15-18H2,1H3. The van der Waals surface area contributed by atoms with E-state index >= 15 is 0 Å². The number of hydrogen-bond acceptors (Lipinski definition) is 6. The summed E-state index contributed by atoms with van der Waals surface area (Å²) in [5.41, 5.74) is 9.60. The van der Waals surface area contributed by atoms with Crippen LogP contribution in [-0.2, 0) is 35.9 Å². The normalized spacial score (nSPS) is 15.9. The lowest BCUT2D eigenvalue weighted by Gasteiger charge is -2.32. The molecule has 0 fully saturated rings. The van der Waals surface area contributed by atoms with E-state index in [0.29, 0.717) is 26.4 Å². The molecule has 0 aliphatic carbocycles. The molecule has 180 valence electrons. The first-order valence-electron chi connectivity index (χ1n) is 12.3. The van der Waals surface area contributed by atoms with Crippen LogP contribution < -0.4 is 10.2 Å². The number of rotatable bonds is 1. The first-order valence-corrected chi connectivity index (χ1v) is 13.9. The highest BCUT2D eigenvalue weighted by Crippen LogP contribution is 2.49. The Balaban J connectivity index is 1.25. The van der Waals surface area contributed by atoms with Crippen molar-refractivity contribution >= 4 is 46.3 Å². The van der Waals surface area contributed by atoms with E-state index in [2.05, 4.69) is 89.9 Å². The maximum Gasteiger partial charge on any atom is 0.0721 e. The van der Waals surface area contributed by atoms with Gasteiger partial charge in [0.25, 0.3) is 0 Å². The molecule has 4 aromatic rings. The first kappa shape index (κ1) is 22.3. The lowest BCUT2D eigenvalue weighted by atomic mass is 10.1. The van der Waals surface area contributed by atoms with Crippen LogP contribution in [0.25, 0.3) is 0 Å². The van der Waals surface area contributed by atoms with Crippen LogP contribution in [-0.4, -0.2) is 6.54 Å². The molecule has 0 unspecified atom stereocenters. The molecule has 3 heterocycles. The van der Waals surface area contributed by atoms with Gasteiger partial charge in [0.15, 0.2) is 0 Å². The number of benzene rings is 4. The third-order valence-corrected chi connectivity index (χ3v) is 9.03. The monoisotopic (exact) mass is 510 g/mol. The molecule has 8 bridgehead atoms. The highest BCUT2D eigenvalue weighted by Gasteiger charge is 2.23. The fourth-order valence-electron chi connectivity index (χ4n) is 5.02. The second kappa shape index (κ2) is 9.20. The van der Waals surface area contributed by atoms with E-state index < -0.39 is 0 Å². The molecule has 0 aromatic heterocycles. The van der Waals surface area contributed by atoms with Crippen LogP contribution in [0.3, 0.4) is 0 Å². The van der Waals surface area contributed by atoms with Crippen LogP contribution in [0, 0.1) is 0 Å². The molecule has 36 heavy (non-hydrogen) atoms. The number of fused-ring (bicyclic) bond motifs is 4. The lowest BCUT2D eigenvalue weighted by Crippen LogP contribution is -2.20. The Labute approximate surface area is 220 Å². The largest absolute Gasteiger partial charge is 0.372 e. The molecule has 0 saturated carbocycles. The molecule has 0 atom stereocenters. The van der Waals surface area contributed by atoms with E-state index in [9.17, 15) is 0 Å². The summed E-state index contributed by atoms with van der Waals surface area (Å²) in [6, 6.07) is 26.6. The van der Waals surface area contributed by atoms with Crippen LogP contribution in [0.15, 0.2) is 92.4 Å². The van der Waals surface area contributed by atoms with Gasteiger partial charge in [-0.25, -0.2) is 0 Å². The fraction of sp³-hybridized carbons (Fsp3) is 0.200. The minimum atomic E-state index is 0.589. The summed E-state index contributed by atoms with van der Waals surface area (Å²) >= 11 is 3.65. The van der Waals surface area contributed by atoms with Crippen LogP contribution in [0.5, 0.6) is 0 Å². The predicted molar refractivity (Wildman–Crippen MR) is 147 cm³/mol. The molecule has 4 aromatic carbocycles. The maximum absolute atomic E-state index is 6.18. The highest BCUT2D eigenvalue weighted by molar-refractivity contribution is 8.00. The van der Waals surface area contributed by atoms with Gasteiger partial charge in [-0.1, -0.05) is 47.8 Å². The zero-order valence-electron chi connectivity index (χ0n) is 20.0. The van der Waals surface area contributed by atoms with E-state index in [1.54, 1.807) is 0 Å². The molecule has 4 nitrogen and oxygen atoms in total. The minimum Gasteiger partial charge on any atom is -0.372 e. The zero-order valence-corrected chi connectivity index (χ0v) is 21.7. The summed E-state index contributed by atoms with van der Waals surface area (Å²) in [4.78, 5) is 7.42. The molecule has 0 spiro atoms. The van der Waals surface area contributed by atoms with Gasteiger partial charge in [0.05, 0.1) is 49.2 Å². The second-order valence-electron chi connectivity index (χ2n) is 9.32. The molecule has 3 aliphatic rings. The Kier molecular flexibility index (Phi) is 5.70. The Morgan fingerprint density at radius 1 is 0.611 bits per heavy atom. The molecule has 1 N–H and O–H groups in total. The summed E-state index contributed by atoms with van der Waals surface area (Å²) in [6.07, 6.45) is 0. The Morgan fingerprint density at radius 3 is 1.50 bits per heavy atom. The fourth-order valence-corrected chi connectivity index (χ4v) is 7.36. The highest BCUT2D eigenvalue weighted by atomic mass is 32.2. The Morgan fingerprint density at radius 2 is 1.03 bits per heavy atom. The van der Waals surface area contributed by atoms with Gasteiger partial charge in [-0.2, -0.15) is 0 Å². The van der Waals surface area contributed by atoms with Crippen molar-refractivity contribution in [2.75, 3.05) is 16.8 Å². The molecule has 3 aliphatic heterocycles. The summed E-state index contributed by atoms with van der Waals surface area (Å²) in [5.74, 6) is 0. The van der Waals surface area contributed by atoms with Crippen molar-refractivity contribution in [1.82, 2.24) is 0 Å². The third kappa shape index (κ3) is 4.08. The molecule has 0 saturated heterocycles. The Hall–Kier alpha value is -2.90. The first-order chi connectivity index (χ1) is 17.7. The van der Waals surface area contributed by atoms with Crippen LogP contribution in [0.2, 0.25) is 0 Å². The molecular weight excluding hydrogens is 484 g/mol. The van der Waals surface area contributed by atoms with Gasteiger partial charge in [0, 0.05) is 26.1 Å². The van der Waals surface area contributed by atoms with E-state index in [4.69, 9.17) is 9.47 Å². The molecule has 0 radical (unpaired) electrons. The van der Waals surface area contributed by atoms with Crippen molar-refractivity contribution in [3.8, 4) is 0 Å². The maximum atomic E-state index is 6.18. The summed E-state index contributed by atoms with van der Waals surface area (Å²) in [7, 11) is 0. The van der Waals surface area contributed by atoms with Gasteiger partial charge in [-0.15, -0.1) is 0 Å². The summed E-state index contributed by atoms with van der Waals surface area (Å²) in [5, 5.41) is 3.58. The average molecular weight is 511 g/mol. The van der Waals surface area contributed by atoms with Crippen LogP contribution >= 0.6 is 23.5 Å². The number of hydrogen-bond donors (Lipinski definition) is 1. The third-order valence-electron chi connectivity index (χ3n) is 6.82. The molecule has 7 rings (SSSR count). The van der Waals surface area contributed by atoms with Gasteiger partial charge >= 0.3 is 0 Å². The van der Waals surface area contributed by atoms with Crippen molar-refractivity contribution < 1.29 is 9.47 Å². The van der Waals surface area contributed by atoms with E-state index in [1.807, 2.05) is 23.5 Å². The topological polar surface area (TPSA) is 33.7 Å². The van der Waals surface area contributed by atoms with Crippen molar-refractivity contribution in [2.24, 2.45) is 0 Å². The van der Waals surface area contributed by atoms with Crippen molar-refractivity contribution in [2.45, 2.75) is 52.9 Å². The molecule has 6 heteroatoms. The Bertz CT molecular complexity index is 1380. The van der Waals surface area contributed by atoms with Gasteiger partial charge in [-0.3, -0.25) is 0 Å². The van der Waals surface area contributed by atoms with Gasteiger partial charge in [0.1, 0.15) is 0 Å². The lowest BCUT2D eigenvalue weighted by molar-refractivity contribution is 0.107. The van der Waals surface area contributed by atoms with Gasteiger partial charge in [-0.05, 0) is 77.7 Å². The number of anilines is 4. The second-order valence-corrected chi connectivity index (χ2v) is 11.5. The van der Waals surface area contributed by atoms with Crippen LogP contribution in [0.1, 0.15) is 29.2 Å². The van der Waals surface area contributed by atoms with Gasteiger partial charge < -0.3 is 19.7 Å². The zero-order chi connectivity index (χ0) is 24.1. The van der Waals surface area contributed by atoms with Crippen molar-refractivity contribution in [3.63, 3.8) is 0 Å².